The molecule has 2 amide bonds. The highest BCUT2D eigenvalue weighted by molar-refractivity contribution is 7.91. The molecule has 1 aromatic carbocycles. The largest absolute Gasteiger partial charge is 0.506 e. The zero-order valence-corrected chi connectivity index (χ0v) is 13.3. The first kappa shape index (κ1) is 16.6. The second kappa shape index (κ2) is 6.13. The lowest BCUT2D eigenvalue weighted by Crippen LogP contribution is -2.43. The quantitative estimate of drug-likeness (QED) is 0.604. The molecule has 1 heterocycles. The Morgan fingerprint density at radius 2 is 2.09 bits per heavy atom. The Bertz CT molecular complexity index is 719. The molecule has 0 bridgehead atoms. The first-order chi connectivity index (χ1) is 10.2. The Hall–Kier alpha value is -1.80. The number of hydrogen-bond acceptors (Lipinski definition) is 5. The van der Waals surface area contributed by atoms with Crippen molar-refractivity contribution in [2.45, 2.75) is 12.5 Å². The molecule has 0 aliphatic carbocycles. The van der Waals surface area contributed by atoms with Crippen LogP contribution in [-0.2, 0) is 19.4 Å². The van der Waals surface area contributed by atoms with Crippen LogP contribution in [0.5, 0.6) is 5.75 Å². The second-order valence-electron chi connectivity index (χ2n) is 5.09. The molecule has 120 valence electrons. The van der Waals surface area contributed by atoms with Crippen LogP contribution in [0, 0.1) is 0 Å². The Morgan fingerprint density at radius 3 is 2.68 bits per heavy atom. The molecular weight excluding hydrogens is 332 g/mol. The van der Waals surface area contributed by atoms with E-state index in [0.29, 0.717) is 6.42 Å². The number of benzene rings is 1. The fraction of sp³-hybridized carbons (Fsp3) is 0.385. The molecule has 0 radical (unpaired) electrons. The SMILES string of the molecule is CN(C(=O)C(=O)Nc1cc(Cl)ccc1O)C1CCS(=O)(=O)C1. The van der Waals surface area contributed by atoms with Crippen LogP contribution in [0.25, 0.3) is 0 Å². The lowest BCUT2D eigenvalue weighted by molar-refractivity contribution is -0.143. The number of anilines is 1. The minimum atomic E-state index is -3.15. The van der Waals surface area contributed by atoms with Gasteiger partial charge < -0.3 is 15.3 Å². The molecule has 1 aromatic rings. The molecule has 1 aliphatic heterocycles. The van der Waals surface area contributed by atoms with E-state index in [1.807, 2.05) is 0 Å². The van der Waals surface area contributed by atoms with Gasteiger partial charge in [-0.05, 0) is 24.6 Å². The van der Waals surface area contributed by atoms with Crippen molar-refractivity contribution in [3.63, 3.8) is 0 Å². The van der Waals surface area contributed by atoms with Gasteiger partial charge in [0.2, 0.25) is 0 Å². The van der Waals surface area contributed by atoms with Crippen LogP contribution in [0.15, 0.2) is 18.2 Å². The molecule has 0 aromatic heterocycles. The Balaban J connectivity index is 2.06. The molecule has 0 saturated carbocycles. The van der Waals surface area contributed by atoms with Crippen molar-refractivity contribution < 1.29 is 23.1 Å². The number of phenols is 1. The molecular formula is C13H15ClN2O5S. The second-order valence-corrected chi connectivity index (χ2v) is 7.75. The van der Waals surface area contributed by atoms with Crippen molar-refractivity contribution in [2.24, 2.45) is 0 Å². The summed E-state index contributed by atoms with van der Waals surface area (Å²) < 4.78 is 22.8. The zero-order chi connectivity index (χ0) is 16.5. The molecule has 1 saturated heterocycles. The Kier molecular flexibility index (Phi) is 4.62. The van der Waals surface area contributed by atoms with Gasteiger partial charge in [-0.1, -0.05) is 11.6 Å². The van der Waals surface area contributed by atoms with Crippen LogP contribution in [0.2, 0.25) is 5.02 Å². The number of hydrogen-bond donors (Lipinski definition) is 2. The van der Waals surface area contributed by atoms with Crippen LogP contribution in [0.1, 0.15) is 6.42 Å². The number of phenolic OH excluding ortho intramolecular Hbond substituents is 1. The van der Waals surface area contributed by atoms with E-state index >= 15 is 0 Å². The van der Waals surface area contributed by atoms with E-state index in [9.17, 15) is 23.1 Å². The van der Waals surface area contributed by atoms with Gasteiger partial charge in [-0.3, -0.25) is 9.59 Å². The summed E-state index contributed by atoms with van der Waals surface area (Å²) in [6.07, 6.45) is 0.306. The standard InChI is InChI=1S/C13H15ClN2O5S/c1-16(9-4-5-22(20,21)7-9)13(19)12(18)15-10-6-8(14)2-3-11(10)17/h2-3,6,9,17H,4-5,7H2,1H3,(H,15,18). The number of halogens is 1. The van der Waals surface area contributed by atoms with Crippen LogP contribution in [0.3, 0.4) is 0 Å². The third-order valence-corrected chi connectivity index (χ3v) is 5.46. The highest BCUT2D eigenvalue weighted by Crippen LogP contribution is 2.26. The molecule has 1 atom stereocenters. The molecule has 0 spiro atoms. The number of likely N-dealkylation sites (N-methyl/N-ethyl adjacent to an activating group) is 1. The summed E-state index contributed by atoms with van der Waals surface area (Å²) in [5, 5.41) is 12.2. The summed E-state index contributed by atoms with van der Waals surface area (Å²) in [5.41, 5.74) is 0.0123. The topological polar surface area (TPSA) is 104 Å². The summed E-state index contributed by atoms with van der Waals surface area (Å²) >= 11 is 5.75. The zero-order valence-electron chi connectivity index (χ0n) is 11.7. The maximum absolute atomic E-state index is 12.0. The smallest absolute Gasteiger partial charge is 0.314 e. The molecule has 22 heavy (non-hydrogen) atoms. The third-order valence-electron chi connectivity index (χ3n) is 3.48. The number of sulfone groups is 1. The van der Waals surface area contributed by atoms with Gasteiger partial charge in [0.15, 0.2) is 9.84 Å². The fourth-order valence-corrected chi connectivity index (χ4v) is 4.14. The van der Waals surface area contributed by atoms with Crippen LogP contribution in [-0.4, -0.2) is 54.8 Å². The molecule has 1 aliphatic rings. The van der Waals surface area contributed by atoms with Crippen LogP contribution in [0.4, 0.5) is 5.69 Å². The van der Waals surface area contributed by atoms with Gasteiger partial charge in [-0.25, -0.2) is 8.42 Å². The van der Waals surface area contributed by atoms with Gasteiger partial charge in [0, 0.05) is 18.1 Å². The highest BCUT2D eigenvalue weighted by Gasteiger charge is 2.34. The van der Waals surface area contributed by atoms with Crippen LogP contribution >= 0.6 is 11.6 Å². The maximum Gasteiger partial charge on any atom is 0.314 e. The predicted octanol–water partition coefficient (Wildman–Crippen LogP) is 0.630. The van der Waals surface area contributed by atoms with E-state index in [-0.39, 0.29) is 28.0 Å². The van der Waals surface area contributed by atoms with Gasteiger partial charge in [0.25, 0.3) is 0 Å². The summed E-state index contributed by atoms with van der Waals surface area (Å²) in [5.74, 6) is -2.21. The molecule has 7 nitrogen and oxygen atoms in total. The number of rotatable bonds is 2. The third kappa shape index (κ3) is 3.69. The van der Waals surface area contributed by atoms with Crippen molar-refractivity contribution in [3.8, 4) is 5.75 Å². The van der Waals surface area contributed by atoms with Crippen molar-refractivity contribution in [1.82, 2.24) is 4.90 Å². The summed E-state index contributed by atoms with van der Waals surface area (Å²) in [7, 11) is -1.77. The van der Waals surface area contributed by atoms with Crippen molar-refractivity contribution >= 4 is 38.9 Å². The van der Waals surface area contributed by atoms with Gasteiger partial charge in [-0.15, -0.1) is 0 Å². The monoisotopic (exact) mass is 346 g/mol. The van der Waals surface area contributed by atoms with Gasteiger partial charge in [-0.2, -0.15) is 0 Å². The first-order valence-electron chi connectivity index (χ1n) is 6.47. The number of nitrogens with zero attached hydrogens (tertiary/aromatic N) is 1. The van der Waals surface area contributed by atoms with E-state index in [1.165, 1.54) is 25.2 Å². The maximum atomic E-state index is 12.0. The highest BCUT2D eigenvalue weighted by atomic mass is 35.5. The minimum Gasteiger partial charge on any atom is -0.506 e. The van der Waals surface area contributed by atoms with Crippen molar-refractivity contribution in [2.75, 3.05) is 23.9 Å². The van der Waals surface area contributed by atoms with Crippen molar-refractivity contribution in [1.29, 1.82) is 0 Å². The number of amides is 2. The fourth-order valence-electron chi connectivity index (χ4n) is 2.19. The molecule has 2 N–H and O–H groups in total. The summed E-state index contributed by atoms with van der Waals surface area (Å²) in [6, 6.07) is 3.51. The summed E-state index contributed by atoms with van der Waals surface area (Å²) in [4.78, 5) is 25.1. The average molecular weight is 347 g/mol. The number of carbonyl (C=O) groups excluding carboxylic acids is 2. The van der Waals surface area contributed by atoms with Crippen molar-refractivity contribution in [3.05, 3.63) is 23.2 Å². The molecule has 9 heteroatoms. The summed E-state index contributed by atoms with van der Waals surface area (Å²) in [6.45, 7) is 0. The molecule has 1 unspecified atom stereocenters. The van der Waals surface area contributed by atoms with E-state index in [1.54, 1.807) is 0 Å². The minimum absolute atomic E-state index is 0.00594. The Morgan fingerprint density at radius 1 is 1.41 bits per heavy atom. The normalized spacial score (nSPS) is 19.6. The lowest BCUT2D eigenvalue weighted by Gasteiger charge is -2.22. The Labute approximate surface area is 132 Å². The van der Waals surface area contributed by atoms with E-state index < -0.39 is 27.7 Å². The first-order valence-corrected chi connectivity index (χ1v) is 8.66. The van der Waals surface area contributed by atoms with Gasteiger partial charge in [0.1, 0.15) is 5.75 Å². The average Bonchev–Trinajstić information content (AvgIpc) is 2.81. The van der Waals surface area contributed by atoms with E-state index in [4.69, 9.17) is 11.6 Å². The molecule has 1 fully saturated rings. The van der Waals surface area contributed by atoms with Gasteiger partial charge in [0.05, 0.1) is 17.2 Å². The van der Waals surface area contributed by atoms with E-state index in [0.717, 1.165) is 4.90 Å². The number of nitrogens with one attached hydrogen (secondary N) is 1. The molecule has 2 rings (SSSR count). The predicted molar refractivity (Wildman–Crippen MR) is 81.6 cm³/mol. The van der Waals surface area contributed by atoms with E-state index in [2.05, 4.69) is 5.32 Å². The number of aromatic hydroxyl groups is 1. The lowest BCUT2D eigenvalue weighted by atomic mass is 10.2. The number of carbonyl (C=O) groups is 2. The van der Waals surface area contributed by atoms with Crippen LogP contribution < -0.4 is 5.32 Å². The van der Waals surface area contributed by atoms with Gasteiger partial charge >= 0.3 is 11.8 Å².